The van der Waals surface area contributed by atoms with Gasteiger partial charge < -0.3 is 9.47 Å². The highest BCUT2D eigenvalue weighted by molar-refractivity contribution is 5.03. The molecule has 0 bridgehead atoms. The van der Waals surface area contributed by atoms with Gasteiger partial charge in [-0.15, -0.1) is 0 Å². The monoisotopic (exact) mass is 194 g/mol. The number of nitrogens with zero attached hydrogens (tertiary/aromatic N) is 2. The van der Waals surface area contributed by atoms with Gasteiger partial charge in [-0.3, -0.25) is 0 Å². The first-order chi connectivity index (χ1) is 6.84. The van der Waals surface area contributed by atoms with Gasteiger partial charge in [-0.25, -0.2) is 9.97 Å². The normalized spacial score (nSPS) is 21.1. The fourth-order valence-electron chi connectivity index (χ4n) is 1.44. The summed E-state index contributed by atoms with van der Waals surface area (Å²) < 4.78 is 10.8. The van der Waals surface area contributed by atoms with Crippen molar-refractivity contribution < 1.29 is 9.47 Å². The van der Waals surface area contributed by atoms with Crippen LogP contribution in [0, 0.1) is 6.92 Å². The van der Waals surface area contributed by atoms with Gasteiger partial charge in [-0.05, 0) is 25.8 Å². The Balaban J connectivity index is 1.85. The molecule has 1 aliphatic rings. The zero-order valence-corrected chi connectivity index (χ0v) is 8.27. The Bertz CT molecular complexity index is 298. The molecule has 1 fully saturated rings. The Kier molecular flexibility index (Phi) is 2.93. The lowest BCUT2D eigenvalue weighted by Gasteiger charge is -2.09. The first kappa shape index (κ1) is 9.40. The molecule has 1 aliphatic heterocycles. The number of aromatic nitrogens is 2. The van der Waals surface area contributed by atoms with Crippen molar-refractivity contribution in [2.45, 2.75) is 25.9 Å². The maximum absolute atomic E-state index is 5.42. The minimum atomic E-state index is 0.221. The number of hydrogen-bond donors (Lipinski definition) is 0. The average Bonchev–Trinajstić information content (AvgIpc) is 2.67. The van der Waals surface area contributed by atoms with E-state index in [9.17, 15) is 0 Å². The SMILES string of the molecule is Cc1ccnc(OCC2CCCO2)n1. The predicted octanol–water partition coefficient (Wildman–Crippen LogP) is 1.34. The molecule has 0 N–H and O–H groups in total. The predicted molar refractivity (Wildman–Crippen MR) is 51.2 cm³/mol. The zero-order chi connectivity index (χ0) is 9.80. The van der Waals surface area contributed by atoms with Crippen LogP contribution in [0.4, 0.5) is 0 Å². The molecule has 0 aromatic carbocycles. The lowest BCUT2D eigenvalue weighted by molar-refractivity contribution is 0.0644. The Labute approximate surface area is 83.3 Å². The second-order valence-electron chi connectivity index (χ2n) is 3.43. The largest absolute Gasteiger partial charge is 0.461 e. The van der Waals surface area contributed by atoms with E-state index in [1.165, 1.54) is 0 Å². The number of rotatable bonds is 3. The summed E-state index contributed by atoms with van der Waals surface area (Å²) in [6.07, 6.45) is 4.13. The van der Waals surface area contributed by atoms with E-state index in [0.717, 1.165) is 25.1 Å². The molecule has 1 atom stereocenters. The summed E-state index contributed by atoms with van der Waals surface area (Å²) in [7, 11) is 0. The van der Waals surface area contributed by atoms with Crippen molar-refractivity contribution in [3.05, 3.63) is 18.0 Å². The molecule has 4 nitrogen and oxygen atoms in total. The van der Waals surface area contributed by atoms with Crippen molar-refractivity contribution in [2.24, 2.45) is 0 Å². The number of ether oxygens (including phenoxy) is 2. The molecular weight excluding hydrogens is 180 g/mol. The molecule has 14 heavy (non-hydrogen) atoms. The molecular formula is C10H14N2O2. The second kappa shape index (κ2) is 4.37. The standard InChI is InChI=1S/C10H14N2O2/c1-8-4-5-11-10(12-8)14-7-9-3-2-6-13-9/h4-5,9H,2-3,6-7H2,1H3. The molecule has 0 spiro atoms. The van der Waals surface area contributed by atoms with Crippen LogP contribution in [0.15, 0.2) is 12.3 Å². The van der Waals surface area contributed by atoms with Gasteiger partial charge in [0.25, 0.3) is 0 Å². The van der Waals surface area contributed by atoms with Gasteiger partial charge in [0.15, 0.2) is 0 Å². The summed E-state index contributed by atoms with van der Waals surface area (Å²) in [5.41, 5.74) is 0.919. The fourth-order valence-corrected chi connectivity index (χ4v) is 1.44. The second-order valence-corrected chi connectivity index (χ2v) is 3.43. The third-order valence-electron chi connectivity index (χ3n) is 2.20. The van der Waals surface area contributed by atoms with Gasteiger partial charge >= 0.3 is 6.01 Å². The van der Waals surface area contributed by atoms with Crippen LogP contribution >= 0.6 is 0 Å². The van der Waals surface area contributed by atoms with E-state index in [-0.39, 0.29) is 6.10 Å². The summed E-state index contributed by atoms with van der Waals surface area (Å²) in [5, 5.41) is 0. The van der Waals surface area contributed by atoms with Crippen LogP contribution in [0.25, 0.3) is 0 Å². The molecule has 4 heteroatoms. The minimum Gasteiger partial charge on any atom is -0.461 e. The topological polar surface area (TPSA) is 44.2 Å². The third kappa shape index (κ3) is 2.42. The Morgan fingerprint density at radius 2 is 2.57 bits per heavy atom. The summed E-state index contributed by atoms with van der Waals surface area (Å²) >= 11 is 0. The average molecular weight is 194 g/mol. The fraction of sp³-hybridized carbons (Fsp3) is 0.600. The smallest absolute Gasteiger partial charge is 0.316 e. The van der Waals surface area contributed by atoms with Crippen LogP contribution in [-0.2, 0) is 4.74 Å². The molecule has 1 unspecified atom stereocenters. The van der Waals surface area contributed by atoms with E-state index >= 15 is 0 Å². The van der Waals surface area contributed by atoms with E-state index in [2.05, 4.69) is 9.97 Å². The Morgan fingerprint density at radius 1 is 1.64 bits per heavy atom. The van der Waals surface area contributed by atoms with Crippen molar-refractivity contribution in [3.8, 4) is 6.01 Å². The van der Waals surface area contributed by atoms with Crippen LogP contribution in [0.2, 0.25) is 0 Å². The van der Waals surface area contributed by atoms with Gasteiger partial charge in [0.1, 0.15) is 6.61 Å². The summed E-state index contributed by atoms with van der Waals surface area (Å²) in [6, 6.07) is 2.29. The highest BCUT2D eigenvalue weighted by atomic mass is 16.5. The van der Waals surface area contributed by atoms with Gasteiger partial charge in [0.05, 0.1) is 6.10 Å². The molecule has 0 aliphatic carbocycles. The van der Waals surface area contributed by atoms with E-state index in [1.54, 1.807) is 6.20 Å². The lowest BCUT2D eigenvalue weighted by atomic mass is 10.2. The minimum absolute atomic E-state index is 0.221. The molecule has 0 amide bonds. The quantitative estimate of drug-likeness (QED) is 0.728. The summed E-state index contributed by atoms with van der Waals surface area (Å²) in [6.45, 7) is 3.33. The zero-order valence-electron chi connectivity index (χ0n) is 8.27. The van der Waals surface area contributed by atoms with Crippen LogP contribution in [-0.4, -0.2) is 29.3 Å². The molecule has 2 rings (SSSR count). The van der Waals surface area contributed by atoms with Crippen LogP contribution in [0.1, 0.15) is 18.5 Å². The van der Waals surface area contributed by atoms with Crippen molar-refractivity contribution in [3.63, 3.8) is 0 Å². The summed E-state index contributed by atoms with van der Waals surface area (Å²) in [5.74, 6) is 0. The van der Waals surface area contributed by atoms with Gasteiger partial charge in [0, 0.05) is 18.5 Å². The highest BCUT2D eigenvalue weighted by Crippen LogP contribution is 2.13. The first-order valence-corrected chi connectivity index (χ1v) is 4.88. The van der Waals surface area contributed by atoms with E-state index in [4.69, 9.17) is 9.47 Å². The molecule has 76 valence electrons. The maximum Gasteiger partial charge on any atom is 0.316 e. The van der Waals surface area contributed by atoms with Gasteiger partial charge in [-0.2, -0.15) is 0 Å². The summed E-state index contributed by atoms with van der Waals surface area (Å²) in [4.78, 5) is 8.16. The van der Waals surface area contributed by atoms with E-state index in [1.807, 2.05) is 13.0 Å². The molecule has 1 saturated heterocycles. The van der Waals surface area contributed by atoms with Crippen molar-refractivity contribution in [1.82, 2.24) is 9.97 Å². The molecule has 1 aromatic heterocycles. The Hall–Kier alpha value is -1.16. The van der Waals surface area contributed by atoms with Crippen molar-refractivity contribution >= 4 is 0 Å². The lowest BCUT2D eigenvalue weighted by Crippen LogP contribution is -2.17. The van der Waals surface area contributed by atoms with Crippen LogP contribution in [0.5, 0.6) is 6.01 Å². The number of hydrogen-bond acceptors (Lipinski definition) is 4. The molecule has 2 heterocycles. The van der Waals surface area contributed by atoms with Gasteiger partial charge in [-0.1, -0.05) is 0 Å². The Morgan fingerprint density at radius 3 is 3.29 bits per heavy atom. The highest BCUT2D eigenvalue weighted by Gasteiger charge is 2.16. The van der Waals surface area contributed by atoms with Gasteiger partial charge in [0.2, 0.25) is 0 Å². The third-order valence-corrected chi connectivity index (χ3v) is 2.20. The molecule has 0 saturated carbocycles. The molecule has 0 radical (unpaired) electrons. The maximum atomic E-state index is 5.42. The number of aryl methyl sites for hydroxylation is 1. The van der Waals surface area contributed by atoms with Crippen molar-refractivity contribution in [1.29, 1.82) is 0 Å². The van der Waals surface area contributed by atoms with Crippen LogP contribution in [0.3, 0.4) is 0 Å². The van der Waals surface area contributed by atoms with E-state index in [0.29, 0.717) is 12.6 Å². The first-order valence-electron chi connectivity index (χ1n) is 4.88. The van der Waals surface area contributed by atoms with Crippen molar-refractivity contribution in [2.75, 3.05) is 13.2 Å². The van der Waals surface area contributed by atoms with E-state index < -0.39 is 0 Å². The molecule has 1 aromatic rings. The van der Waals surface area contributed by atoms with Crippen LogP contribution < -0.4 is 4.74 Å².